The molecule has 0 aliphatic heterocycles. The van der Waals surface area contributed by atoms with E-state index < -0.39 is 18.1 Å². The summed E-state index contributed by atoms with van der Waals surface area (Å²) in [5.74, 6) is -0.402. The standard InChI is InChI=1S/C11H22N2O3/c1-5-16-11(15)8(4)13-10(14)9(12)6-7(2)3/h7-9H,5-6,12H2,1-4H3,(H,13,14)/t8?,9-/m1/s1. The zero-order chi connectivity index (χ0) is 12.7. The van der Waals surface area contributed by atoms with Crippen molar-refractivity contribution in [3.05, 3.63) is 0 Å². The summed E-state index contributed by atoms with van der Waals surface area (Å²) >= 11 is 0. The molecule has 0 spiro atoms. The number of ether oxygens (including phenoxy) is 1. The third-order valence-electron chi connectivity index (χ3n) is 2.06. The van der Waals surface area contributed by atoms with Crippen LogP contribution in [-0.2, 0) is 14.3 Å². The Kier molecular flexibility index (Phi) is 6.72. The molecule has 3 N–H and O–H groups in total. The number of hydrogen-bond donors (Lipinski definition) is 2. The van der Waals surface area contributed by atoms with Crippen LogP contribution in [0.25, 0.3) is 0 Å². The van der Waals surface area contributed by atoms with E-state index in [1.165, 1.54) is 0 Å². The lowest BCUT2D eigenvalue weighted by molar-refractivity contribution is -0.147. The van der Waals surface area contributed by atoms with Gasteiger partial charge < -0.3 is 15.8 Å². The van der Waals surface area contributed by atoms with Gasteiger partial charge in [0, 0.05) is 0 Å². The zero-order valence-corrected chi connectivity index (χ0v) is 10.4. The van der Waals surface area contributed by atoms with Crippen LogP contribution in [-0.4, -0.2) is 30.6 Å². The van der Waals surface area contributed by atoms with Crippen LogP contribution >= 0.6 is 0 Å². The highest BCUT2D eigenvalue weighted by atomic mass is 16.5. The van der Waals surface area contributed by atoms with Crippen molar-refractivity contribution in [3.8, 4) is 0 Å². The number of nitrogens with one attached hydrogen (secondary N) is 1. The van der Waals surface area contributed by atoms with Gasteiger partial charge >= 0.3 is 5.97 Å². The Morgan fingerprint density at radius 3 is 2.31 bits per heavy atom. The Hall–Kier alpha value is -1.10. The maximum Gasteiger partial charge on any atom is 0.328 e. The molecule has 5 nitrogen and oxygen atoms in total. The predicted molar refractivity (Wildman–Crippen MR) is 61.7 cm³/mol. The minimum absolute atomic E-state index is 0.303. The van der Waals surface area contributed by atoms with Gasteiger partial charge in [0.2, 0.25) is 5.91 Å². The molecule has 0 aliphatic carbocycles. The lowest BCUT2D eigenvalue weighted by atomic mass is 10.0. The molecule has 0 rings (SSSR count). The maximum absolute atomic E-state index is 11.6. The van der Waals surface area contributed by atoms with Crippen molar-refractivity contribution in [2.24, 2.45) is 11.7 Å². The molecule has 0 bridgehead atoms. The van der Waals surface area contributed by atoms with Crippen molar-refractivity contribution in [1.82, 2.24) is 5.32 Å². The van der Waals surface area contributed by atoms with Gasteiger partial charge in [-0.15, -0.1) is 0 Å². The fourth-order valence-corrected chi connectivity index (χ4v) is 1.26. The summed E-state index contributed by atoms with van der Waals surface area (Å²) in [4.78, 5) is 22.8. The Morgan fingerprint density at radius 2 is 1.88 bits per heavy atom. The maximum atomic E-state index is 11.6. The summed E-state index contributed by atoms with van der Waals surface area (Å²) in [5.41, 5.74) is 5.68. The zero-order valence-electron chi connectivity index (χ0n) is 10.4. The van der Waals surface area contributed by atoms with Gasteiger partial charge in [-0.05, 0) is 26.2 Å². The van der Waals surface area contributed by atoms with E-state index in [2.05, 4.69) is 5.32 Å². The second-order valence-corrected chi connectivity index (χ2v) is 4.22. The van der Waals surface area contributed by atoms with Gasteiger partial charge in [-0.25, -0.2) is 4.79 Å². The molecule has 0 saturated carbocycles. The van der Waals surface area contributed by atoms with E-state index in [1.54, 1.807) is 13.8 Å². The van der Waals surface area contributed by atoms with Gasteiger partial charge in [0.25, 0.3) is 0 Å². The van der Waals surface area contributed by atoms with Gasteiger partial charge in [-0.1, -0.05) is 13.8 Å². The molecule has 0 aromatic carbocycles. The second-order valence-electron chi connectivity index (χ2n) is 4.22. The number of esters is 1. The molecular formula is C11H22N2O3. The molecule has 2 atom stereocenters. The quantitative estimate of drug-likeness (QED) is 0.648. The summed E-state index contributed by atoms with van der Waals surface area (Å²) in [5, 5.41) is 2.53. The van der Waals surface area contributed by atoms with E-state index in [-0.39, 0.29) is 5.91 Å². The first-order valence-corrected chi connectivity index (χ1v) is 5.61. The van der Waals surface area contributed by atoms with Crippen molar-refractivity contribution < 1.29 is 14.3 Å². The summed E-state index contributed by atoms with van der Waals surface area (Å²) in [6.45, 7) is 7.58. The molecule has 0 radical (unpaired) electrons. The molecule has 0 heterocycles. The first kappa shape index (κ1) is 14.9. The van der Waals surface area contributed by atoms with Gasteiger partial charge in [0.15, 0.2) is 0 Å². The first-order valence-electron chi connectivity index (χ1n) is 5.61. The van der Waals surface area contributed by atoms with E-state index in [0.717, 1.165) is 0 Å². The molecule has 1 amide bonds. The van der Waals surface area contributed by atoms with Gasteiger partial charge in [-0.3, -0.25) is 4.79 Å². The Balaban J connectivity index is 4.08. The molecule has 0 fully saturated rings. The van der Waals surface area contributed by atoms with Crippen molar-refractivity contribution >= 4 is 11.9 Å². The highest BCUT2D eigenvalue weighted by molar-refractivity contribution is 5.87. The van der Waals surface area contributed by atoms with Crippen molar-refractivity contribution in [1.29, 1.82) is 0 Å². The van der Waals surface area contributed by atoms with E-state index in [4.69, 9.17) is 10.5 Å². The largest absolute Gasteiger partial charge is 0.464 e. The van der Waals surface area contributed by atoms with Crippen LogP contribution in [0.15, 0.2) is 0 Å². The SMILES string of the molecule is CCOC(=O)C(C)NC(=O)[C@H](N)CC(C)C. The van der Waals surface area contributed by atoms with Crippen LogP contribution < -0.4 is 11.1 Å². The van der Waals surface area contributed by atoms with Crippen molar-refractivity contribution in [2.45, 2.75) is 46.2 Å². The van der Waals surface area contributed by atoms with Gasteiger partial charge in [-0.2, -0.15) is 0 Å². The average Bonchev–Trinajstić information content (AvgIpc) is 2.16. The molecule has 0 saturated heterocycles. The average molecular weight is 230 g/mol. The number of rotatable bonds is 6. The highest BCUT2D eigenvalue weighted by Gasteiger charge is 2.21. The van der Waals surface area contributed by atoms with Crippen LogP contribution in [0.5, 0.6) is 0 Å². The summed E-state index contributed by atoms with van der Waals surface area (Å²) in [6, 6.07) is -1.22. The highest BCUT2D eigenvalue weighted by Crippen LogP contribution is 2.03. The predicted octanol–water partition coefficient (Wildman–Crippen LogP) is 0.428. The number of amides is 1. The topological polar surface area (TPSA) is 81.4 Å². The van der Waals surface area contributed by atoms with E-state index in [1.807, 2.05) is 13.8 Å². The van der Waals surface area contributed by atoms with Crippen LogP contribution in [0.1, 0.15) is 34.1 Å². The Labute approximate surface area is 96.7 Å². The lowest BCUT2D eigenvalue weighted by Crippen LogP contribution is -2.48. The molecule has 0 aliphatic rings. The molecule has 5 heteroatoms. The van der Waals surface area contributed by atoms with E-state index in [0.29, 0.717) is 18.9 Å². The first-order chi connectivity index (χ1) is 7.38. The molecule has 16 heavy (non-hydrogen) atoms. The van der Waals surface area contributed by atoms with Crippen molar-refractivity contribution in [2.75, 3.05) is 6.61 Å². The van der Waals surface area contributed by atoms with Gasteiger partial charge in [0.05, 0.1) is 12.6 Å². The monoisotopic (exact) mass is 230 g/mol. The Morgan fingerprint density at radius 1 is 1.31 bits per heavy atom. The fourth-order valence-electron chi connectivity index (χ4n) is 1.26. The molecule has 94 valence electrons. The molecule has 1 unspecified atom stereocenters. The lowest BCUT2D eigenvalue weighted by Gasteiger charge is -2.17. The van der Waals surface area contributed by atoms with Crippen LogP contribution in [0.4, 0.5) is 0 Å². The number of hydrogen-bond acceptors (Lipinski definition) is 4. The minimum Gasteiger partial charge on any atom is -0.464 e. The molecular weight excluding hydrogens is 208 g/mol. The second kappa shape index (κ2) is 7.22. The normalized spacial score (nSPS) is 14.4. The Bertz CT molecular complexity index is 241. The number of nitrogens with two attached hydrogens (primary N) is 1. The van der Waals surface area contributed by atoms with E-state index in [9.17, 15) is 9.59 Å². The van der Waals surface area contributed by atoms with Crippen LogP contribution in [0.3, 0.4) is 0 Å². The smallest absolute Gasteiger partial charge is 0.328 e. The van der Waals surface area contributed by atoms with Crippen molar-refractivity contribution in [3.63, 3.8) is 0 Å². The molecule has 0 aromatic rings. The number of carbonyl (C=O) groups excluding carboxylic acids is 2. The van der Waals surface area contributed by atoms with E-state index >= 15 is 0 Å². The summed E-state index contributed by atoms with van der Waals surface area (Å²) in [7, 11) is 0. The fraction of sp³-hybridized carbons (Fsp3) is 0.818. The van der Waals surface area contributed by atoms with Crippen LogP contribution in [0.2, 0.25) is 0 Å². The van der Waals surface area contributed by atoms with Crippen LogP contribution in [0, 0.1) is 5.92 Å². The van der Waals surface area contributed by atoms with Gasteiger partial charge in [0.1, 0.15) is 6.04 Å². The number of carbonyl (C=O) groups is 2. The minimum atomic E-state index is -0.648. The summed E-state index contributed by atoms with van der Waals surface area (Å²) in [6.07, 6.45) is 0.599. The third kappa shape index (κ3) is 5.70. The molecule has 0 aromatic heterocycles. The third-order valence-corrected chi connectivity index (χ3v) is 2.06. The summed E-state index contributed by atoms with van der Waals surface area (Å²) < 4.78 is 4.77.